The van der Waals surface area contributed by atoms with E-state index in [4.69, 9.17) is 9.84 Å². The minimum absolute atomic E-state index is 0.274. The van der Waals surface area contributed by atoms with Crippen LogP contribution in [0.15, 0.2) is 36.5 Å². The Hall–Kier alpha value is -2.29. The summed E-state index contributed by atoms with van der Waals surface area (Å²) in [6, 6.07) is 8.69. The van der Waals surface area contributed by atoms with Crippen LogP contribution in [0.3, 0.4) is 0 Å². The van der Waals surface area contributed by atoms with Crippen LogP contribution in [0.2, 0.25) is 0 Å². The smallest absolute Gasteiger partial charge is 0.272 e. The number of benzene rings is 1. The molecule has 1 aromatic heterocycles. The molecule has 1 amide bonds. The molecule has 122 valence electrons. The fourth-order valence-corrected chi connectivity index (χ4v) is 2.59. The van der Waals surface area contributed by atoms with Crippen LogP contribution in [0.4, 0.5) is 0 Å². The Labute approximate surface area is 132 Å². The number of hydrogen-bond donors (Lipinski definition) is 3. The van der Waals surface area contributed by atoms with E-state index in [1.165, 1.54) is 10.9 Å². The Morgan fingerprint density at radius 1 is 1.39 bits per heavy atom. The van der Waals surface area contributed by atoms with Crippen molar-refractivity contribution >= 4 is 5.91 Å². The number of aliphatic hydroxyl groups excluding tert-OH is 2. The van der Waals surface area contributed by atoms with Gasteiger partial charge >= 0.3 is 0 Å². The van der Waals surface area contributed by atoms with Gasteiger partial charge in [0.1, 0.15) is 12.2 Å². The topological polar surface area (TPSA) is 110 Å². The van der Waals surface area contributed by atoms with E-state index in [9.17, 15) is 9.90 Å². The molecule has 0 saturated carbocycles. The number of aliphatic hydroxyl groups is 2. The fraction of sp³-hybridized carbons (Fsp3) is 0.400. The summed E-state index contributed by atoms with van der Waals surface area (Å²) in [7, 11) is 0. The van der Waals surface area contributed by atoms with Crippen LogP contribution < -0.4 is 5.32 Å². The van der Waals surface area contributed by atoms with Crippen molar-refractivity contribution in [1.29, 1.82) is 0 Å². The highest BCUT2D eigenvalue weighted by atomic mass is 16.5. The minimum Gasteiger partial charge on any atom is -0.394 e. The molecule has 0 radical (unpaired) electrons. The van der Waals surface area contributed by atoms with E-state index in [1.54, 1.807) is 0 Å². The Morgan fingerprint density at radius 3 is 2.91 bits per heavy atom. The van der Waals surface area contributed by atoms with Gasteiger partial charge < -0.3 is 20.3 Å². The number of carbonyl (C=O) groups excluding carboxylic acids is 1. The van der Waals surface area contributed by atoms with Crippen LogP contribution in [-0.4, -0.2) is 62.6 Å². The maximum Gasteiger partial charge on any atom is 0.272 e. The zero-order chi connectivity index (χ0) is 16.2. The molecular weight excluding hydrogens is 300 g/mol. The first kappa shape index (κ1) is 15.6. The van der Waals surface area contributed by atoms with Crippen molar-refractivity contribution < 1.29 is 19.7 Å². The van der Waals surface area contributed by atoms with Crippen LogP contribution >= 0.6 is 0 Å². The number of nitrogens with zero attached hydrogens (tertiary/aromatic N) is 3. The third-order valence-electron chi connectivity index (χ3n) is 3.83. The first-order chi connectivity index (χ1) is 11.2. The molecule has 1 aliphatic rings. The second-order valence-electron chi connectivity index (χ2n) is 5.32. The van der Waals surface area contributed by atoms with Gasteiger partial charge in [-0.25, -0.2) is 4.68 Å². The lowest BCUT2D eigenvalue weighted by atomic mass is 10.00. The van der Waals surface area contributed by atoms with E-state index < -0.39 is 18.2 Å². The van der Waals surface area contributed by atoms with Crippen LogP contribution in [-0.2, 0) is 4.74 Å². The SMILES string of the molecule is O=C(N[C@H]1CCO[C@H](CO)[C@H]1O)c1cnnn1-c1ccccc1. The molecule has 1 saturated heterocycles. The van der Waals surface area contributed by atoms with Crippen LogP contribution in [0.25, 0.3) is 5.69 Å². The van der Waals surface area contributed by atoms with Crippen molar-refractivity contribution in [2.45, 2.75) is 24.7 Å². The maximum atomic E-state index is 12.5. The van der Waals surface area contributed by atoms with Gasteiger partial charge in [0.2, 0.25) is 0 Å². The van der Waals surface area contributed by atoms with Gasteiger partial charge in [-0.1, -0.05) is 23.4 Å². The Kier molecular flexibility index (Phi) is 4.65. The number of rotatable bonds is 4. The summed E-state index contributed by atoms with van der Waals surface area (Å²) in [5, 5.41) is 29.8. The van der Waals surface area contributed by atoms with Crippen LogP contribution in [0.5, 0.6) is 0 Å². The molecule has 1 aliphatic heterocycles. The van der Waals surface area contributed by atoms with Crippen molar-refractivity contribution in [1.82, 2.24) is 20.3 Å². The second-order valence-corrected chi connectivity index (χ2v) is 5.32. The zero-order valence-electron chi connectivity index (χ0n) is 12.4. The first-order valence-electron chi connectivity index (χ1n) is 7.38. The number of amides is 1. The number of aromatic nitrogens is 3. The molecule has 3 rings (SSSR count). The lowest BCUT2D eigenvalue weighted by molar-refractivity contribution is -0.107. The van der Waals surface area contributed by atoms with Gasteiger partial charge in [-0.2, -0.15) is 0 Å². The number of ether oxygens (including phenoxy) is 1. The highest BCUT2D eigenvalue weighted by Crippen LogP contribution is 2.16. The van der Waals surface area contributed by atoms with E-state index >= 15 is 0 Å². The van der Waals surface area contributed by atoms with Gasteiger partial charge in [-0.15, -0.1) is 5.10 Å². The molecule has 1 aromatic carbocycles. The highest BCUT2D eigenvalue weighted by Gasteiger charge is 2.34. The fourth-order valence-electron chi connectivity index (χ4n) is 2.59. The molecule has 3 N–H and O–H groups in total. The summed E-state index contributed by atoms with van der Waals surface area (Å²) in [5.41, 5.74) is 0.992. The van der Waals surface area contributed by atoms with E-state index in [2.05, 4.69) is 15.6 Å². The van der Waals surface area contributed by atoms with Crippen molar-refractivity contribution in [2.24, 2.45) is 0 Å². The molecule has 0 bridgehead atoms. The van der Waals surface area contributed by atoms with Crippen LogP contribution in [0.1, 0.15) is 16.9 Å². The summed E-state index contributed by atoms with van der Waals surface area (Å²) in [5.74, 6) is -0.388. The zero-order valence-corrected chi connectivity index (χ0v) is 12.4. The van der Waals surface area contributed by atoms with Gasteiger partial charge in [0.15, 0.2) is 5.69 Å². The van der Waals surface area contributed by atoms with E-state index in [1.807, 2.05) is 30.3 Å². The first-order valence-corrected chi connectivity index (χ1v) is 7.38. The number of hydrogen-bond acceptors (Lipinski definition) is 6. The van der Waals surface area contributed by atoms with E-state index in [0.29, 0.717) is 13.0 Å². The van der Waals surface area contributed by atoms with Crippen molar-refractivity contribution in [3.05, 3.63) is 42.2 Å². The van der Waals surface area contributed by atoms with Gasteiger partial charge in [0, 0.05) is 6.61 Å². The molecule has 8 heteroatoms. The molecule has 0 unspecified atom stereocenters. The number of nitrogens with one attached hydrogen (secondary N) is 1. The third kappa shape index (κ3) is 3.24. The summed E-state index contributed by atoms with van der Waals surface area (Å²) >= 11 is 0. The summed E-state index contributed by atoms with van der Waals surface area (Å²) in [6.07, 6.45) is 0.193. The molecule has 3 atom stereocenters. The summed E-state index contributed by atoms with van der Waals surface area (Å²) in [6.45, 7) is 0.0699. The van der Waals surface area contributed by atoms with Crippen molar-refractivity contribution in [3.63, 3.8) is 0 Å². The van der Waals surface area contributed by atoms with Gasteiger partial charge in [-0.05, 0) is 18.6 Å². The summed E-state index contributed by atoms with van der Waals surface area (Å²) < 4.78 is 6.69. The molecule has 2 aromatic rings. The van der Waals surface area contributed by atoms with E-state index in [-0.39, 0.29) is 18.2 Å². The third-order valence-corrected chi connectivity index (χ3v) is 3.83. The predicted octanol–water partition coefficient (Wildman–Crippen LogP) is -0.492. The lowest BCUT2D eigenvalue weighted by Gasteiger charge is -2.34. The lowest BCUT2D eigenvalue weighted by Crippen LogP contribution is -2.54. The second kappa shape index (κ2) is 6.86. The average molecular weight is 318 g/mol. The quantitative estimate of drug-likeness (QED) is 0.702. The highest BCUT2D eigenvalue weighted by molar-refractivity contribution is 5.93. The monoisotopic (exact) mass is 318 g/mol. The van der Waals surface area contributed by atoms with E-state index in [0.717, 1.165) is 5.69 Å². The predicted molar refractivity (Wildman–Crippen MR) is 80.1 cm³/mol. The van der Waals surface area contributed by atoms with Gasteiger partial charge in [-0.3, -0.25) is 4.79 Å². The Balaban J connectivity index is 1.76. The Bertz CT molecular complexity index is 661. The standard InChI is InChI=1S/C15H18N4O4/c20-9-13-14(21)11(6-7-23-13)17-15(22)12-8-16-18-19(12)10-4-2-1-3-5-10/h1-5,8,11,13-14,20-21H,6-7,9H2,(H,17,22)/t11-,13+,14-/m0/s1. The average Bonchev–Trinajstić information content (AvgIpc) is 3.07. The summed E-state index contributed by atoms with van der Waals surface area (Å²) in [4.78, 5) is 12.5. The van der Waals surface area contributed by atoms with Crippen molar-refractivity contribution in [2.75, 3.05) is 13.2 Å². The Morgan fingerprint density at radius 2 is 2.17 bits per heavy atom. The van der Waals surface area contributed by atoms with Gasteiger partial charge in [0.25, 0.3) is 5.91 Å². The maximum absolute atomic E-state index is 12.5. The molecule has 0 aliphatic carbocycles. The minimum atomic E-state index is -0.959. The van der Waals surface area contributed by atoms with Crippen molar-refractivity contribution in [3.8, 4) is 5.69 Å². The number of carbonyl (C=O) groups is 1. The van der Waals surface area contributed by atoms with Crippen LogP contribution in [0, 0.1) is 0 Å². The molecule has 0 spiro atoms. The largest absolute Gasteiger partial charge is 0.394 e. The number of para-hydroxylation sites is 1. The molecule has 2 heterocycles. The molecule has 1 fully saturated rings. The normalized spacial score (nSPS) is 24.3. The molecule has 8 nitrogen and oxygen atoms in total. The molecular formula is C15H18N4O4. The molecule has 23 heavy (non-hydrogen) atoms. The van der Waals surface area contributed by atoms with Gasteiger partial charge in [0.05, 0.1) is 24.5 Å².